The maximum Gasteiger partial charge on any atom is 0.311 e. The minimum absolute atomic E-state index is 0.0383. The fourth-order valence-electron chi connectivity index (χ4n) is 1.78. The smallest absolute Gasteiger partial charge is 0.311 e. The van der Waals surface area contributed by atoms with Crippen LogP contribution in [0.1, 0.15) is 5.56 Å². The SMILES string of the molecule is Cc1cnc(N2CC(CO)C2)c([N+](=O)[O-])c1. The van der Waals surface area contributed by atoms with Gasteiger partial charge < -0.3 is 10.0 Å². The Balaban J connectivity index is 2.24. The Morgan fingerprint density at radius 2 is 2.38 bits per heavy atom. The van der Waals surface area contributed by atoms with Crippen LogP contribution in [0.15, 0.2) is 12.3 Å². The summed E-state index contributed by atoms with van der Waals surface area (Å²) >= 11 is 0. The average Bonchev–Trinajstić information content (AvgIpc) is 2.18. The number of hydrogen-bond acceptors (Lipinski definition) is 5. The number of rotatable bonds is 3. The zero-order valence-corrected chi connectivity index (χ0v) is 8.96. The van der Waals surface area contributed by atoms with Gasteiger partial charge in [-0.3, -0.25) is 10.1 Å². The minimum Gasteiger partial charge on any atom is -0.396 e. The van der Waals surface area contributed by atoms with Crippen LogP contribution < -0.4 is 4.90 Å². The van der Waals surface area contributed by atoms with Gasteiger partial charge in [-0.15, -0.1) is 0 Å². The van der Waals surface area contributed by atoms with Gasteiger partial charge in [0.05, 0.1) is 4.92 Å². The van der Waals surface area contributed by atoms with Gasteiger partial charge in [-0.1, -0.05) is 0 Å². The third-order valence-corrected chi connectivity index (χ3v) is 2.70. The minimum atomic E-state index is -0.415. The summed E-state index contributed by atoms with van der Waals surface area (Å²) in [5.74, 6) is 0.614. The Bertz CT molecular complexity index is 416. The van der Waals surface area contributed by atoms with Crippen LogP contribution in [-0.4, -0.2) is 34.7 Å². The number of pyridine rings is 1. The predicted octanol–water partition coefficient (Wildman–Crippen LogP) is 0.727. The monoisotopic (exact) mass is 223 g/mol. The van der Waals surface area contributed by atoms with Gasteiger partial charge in [-0.05, 0) is 12.5 Å². The molecule has 1 aliphatic heterocycles. The van der Waals surface area contributed by atoms with E-state index >= 15 is 0 Å². The number of aromatic nitrogens is 1. The van der Waals surface area contributed by atoms with Crippen molar-refractivity contribution in [2.75, 3.05) is 24.6 Å². The number of aliphatic hydroxyl groups excluding tert-OH is 1. The van der Waals surface area contributed by atoms with E-state index in [9.17, 15) is 10.1 Å². The number of anilines is 1. The van der Waals surface area contributed by atoms with Gasteiger partial charge in [-0.25, -0.2) is 4.98 Å². The lowest BCUT2D eigenvalue weighted by Crippen LogP contribution is -2.49. The molecule has 0 atom stereocenters. The maximum atomic E-state index is 10.9. The van der Waals surface area contributed by atoms with Crippen LogP contribution in [0.2, 0.25) is 0 Å². The Kier molecular flexibility index (Phi) is 2.74. The molecule has 1 aromatic rings. The molecule has 2 heterocycles. The first kappa shape index (κ1) is 10.8. The maximum absolute atomic E-state index is 10.9. The van der Waals surface area contributed by atoms with Gasteiger partial charge in [0.2, 0.25) is 5.82 Å². The fraction of sp³-hybridized carbons (Fsp3) is 0.500. The van der Waals surface area contributed by atoms with Gasteiger partial charge in [0, 0.05) is 37.9 Å². The molecule has 1 N–H and O–H groups in total. The molecule has 2 rings (SSSR count). The van der Waals surface area contributed by atoms with E-state index in [0.29, 0.717) is 18.9 Å². The van der Waals surface area contributed by atoms with Gasteiger partial charge in [0.1, 0.15) is 0 Å². The van der Waals surface area contributed by atoms with Crippen molar-refractivity contribution in [3.63, 3.8) is 0 Å². The molecule has 0 bridgehead atoms. The molecule has 0 spiro atoms. The molecule has 0 radical (unpaired) electrons. The zero-order valence-electron chi connectivity index (χ0n) is 8.96. The highest BCUT2D eigenvalue weighted by Crippen LogP contribution is 2.31. The van der Waals surface area contributed by atoms with Crippen LogP contribution in [0.25, 0.3) is 0 Å². The first-order valence-corrected chi connectivity index (χ1v) is 5.08. The standard InChI is InChI=1S/C10H13N3O3/c1-7-2-9(13(15)16)10(11-3-7)12-4-8(5-12)6-14/h2-3,8,14H,4-6H2,1H3. The van der Waals surface area contributed by atoms with Crippen molar-refractivity contribution in [1.82, 2.24) is 4.98 Å². The van der Waals surface area contributed by atoms with E-state index in [1.807, 2.05) is 4.90 Å². The van der Waals surface area contributed by atoms with Crippen molar-refractivity contribution >= 4 is 11.5 Å². The Labute approximate surface area is 92.7 Å². The van der Waals surface area contributed by atoms with E-state index in [-0.39, 0.29) is 18.2 Å². The summed E-state index contributed by atoms with van der Waals surface area (Å²) < 4.78 is 0. The lowest BCUT2D eigenvalue weighted by molar-refractivity contribution is -0.384. The Morgan fingerprint density at radius 1 is 1.69 bits per heavy atom. The van der Waals surface area contributed by atoms with Crippen molar-refractivity contribution in [2.24, 2.45) is 5.92 Å². The van der Waals surface area contributed by atoms with Gasteiger partial charge in [0.15, 0.2) is 0 Å². The Morgan fingerprint density at radius 3 is 2.94 bits per heavy atom. The van der Waals surface area contributed by atoms with Crippen molar-refractivity contribution in [3.8, 4) is 0 Å². The number of aliphatic hydroxyl groups is 1. The second kappa shape index (κ2) is 4.05. The molecule has 1 aromatic heterocycles. The van der Waals surface area contributed by atoms with E-state index < -0.39 is 4.92 Å². The molecule has 16 heavy (non-hydrogen) atoms. The normalized spacial score (nSPS) is 16.0. The van der Waals surface area contributed by atoms with Crippen LogP contribution in [0.5, 0.6) is 0 Å². The molecule has 0 saturated carbocycles. The topological polar surface area (TPSA) is 79.5 Å². The summed E-state index contributed by atoms with van der Waals surface area (Å²) in [7, 11) is 0. The average molecular weight is 223 g/mol. The molecule has 6 heteroatoms. The van der Waals surface area contributed by atoms with Gasteiger partial charge >= 0.3 is 5.69 Å². The molecule has 1 fully saturated rings. The molecule has 0 unspecified atom stereocenters. The molecule has 0 amide bonds. The largest absolute Gasteiger partial charge is 0.396 e. The van der Waals surface area contributed by atoms with Gasteiger partial charge in [0.25, 0.3) is 0 Å². The lowest BCUT2D eigenvalue weighted by Gasteiger charge is -2.38. The summed E-state index contributed by atoms with van der Waals surface area (Å²) in [5.41, 5.74) is 0.811. The van der Waals surface area contributed by atoms with E-state index in [0.717, 1.165) is 5.56 Å². The summed E-state index contributed by atoms with van der Waals surface area (Å²) in [5, 5.41) is 19.8. The van der Waals surface area contributed by atoms with Crippen molar-refractivity contribution in [2.45, 2.75) is 6.92 Å². The number of nitro groups is 1. The molecule has 0 aliphatic carbocycles. The quantitative estimate of drug-likeness (QED) is 0.603. The second-order valence-corrected chi connectivity index (χ2v) is 4.07. The Hall–Kier alpha value is -1.69. The van der Waals surface area contributed by atoms with Crippen LogP contribution in [0, 0.1) is 23.0 Å². The molecular weight excluding hydrogens is 210 g/mol. The fourth-order valence-corrected chi connectivity index (χ4v) is 1.78. The highest BCUT2D eigenvalue weighted by atomic mass is 16.6. The van der Waals surface area contributed by atoms with E-state index in [1.165, 1.54) is 6.07 Å². The zero-order chi connectivity index (χ0) is 11.7. The van der Waals surface area contributed by atoms with E-state index in [4.69, 9.17) is 5.11 Å². The van der Waals surface area contributed by atoms with Crippen molar-refractivity contribution in [3.05, 3.63) is 27.9 Å². The van der Waals surface area contributed by atoms with Crippen LogP contribution in [0.4, 0.5) is 11.5 Å². The number of hydrogen-bond donors (Lipinski definition) is 1. The first-order valence-electron chi connectivity index (χ1n) is 5.08. The van der Waals surface area contributed by atoms with E-state index in [2.05, 4.69) is 4.98 Å². The predicted molar refractivity (Wildman–Crippen MR) is 58.4 cm³/mol. The highest BCUT2D eigenvalue weighted by molar-refractivity contribution is 5.59. The number of nitrogens with zero attached hydrogens (tertiary/aromatic N) is 3. The molecule has 86 valence electrons. The van der Waals surface area contributed by atoms with Crippen molar-refractivity contribution in [1.29, 1.82) is 0 Å². The van der Waals surface area contributed by atoms with Crippen LogP contribution in [-0.2, 0) is 0 Å². The molecule has 1 saturated heterocycles. The first-order chi connectivity index (χ1) is 7.61. The second-order valence-electron chi connectivity index (χ2n) is 4.07. The van der Waals surface area contributed by atoms with E-state index in [1.54, 1.807) is 13.1 Å². The summed E-state index contributed by atoms with van der Waals surface area (Å²) in [4.78, 5) is 16.4. The van der Waals surface area contributed by atoms with Crippen LogP contribution in [0.3, 0.4) is 0 Å². The third-order valence-electron chi connectivity index (χ3n) is 2.70. The highest BCUT2D eigenvalue weighted by Gasteiger charge is 2.31. The third kappa shape index (κ3) is 1.83. The summed E-state index contributed by atoms with van der Waals surface area (Å²) in [6.45, 7) is 3.16. The van der Waals surface area contributed by atoms with Gasteiger partial charge in [-0.2, -0.15) is 0 Å². The van der Waals surface area contributed by atoms with Crippen molar-refractivity contribution < 1.29 is 10.0 Å². The summed E-state index contributed by atoms with van der Waals surface area (Å²) in [6, 6.07) is 1.52. The molecule has 0 aromatic carbocycles. The lowest BCUT2D eigenvalue weighted by atomic mass is 10.0. The molecular formula is C10H13N3O3. The molecule has 6 nitrogen and oxygen atoms in total. The van der Waals surface area contributed by atoms with Crippen LogP contribution >= 0.6 is 0 Å². The molecule has 1 aliphatic rings. The number of aryl methyl sites for hydroxylation is 1. The summed E-state index contributed by atoms with van der Waals surface area (Å²) in [6.07, 6.45) is 1.62.